The average Bonchev–Trinajstić information content (AvgIpc) is 3.43. The fraction of sp³-hybridized carbons (Fsp3) is 0.414. The predicted molar refractivity (Wildman–Crippen MR) is 140 cm³/mol. The van der Waals surface area contributed by atoms with Crippen LogP contribution in [-0.2, 0) is 4.79 Å². The number of piperidine rings is 1. The summed E-state index contributed by atoms with van der Waals surface area (Å²) in [6, 6.07) is 18.1. The summed E-state index contributed by atoms with van der Waals surface area (Å²) in [4.78, 5) is 40.3. The summed E-state index contributed by atoms with van der Waals surface area (Å²) in [5.41, 5.74) is 3.01. The van der Waals surface area contributed by atoms with Crippen LogP contribution in [0.3, 0.4) is 0 Å². The molecule has 36 heavy (non-hydrogen) atoms. The quantitative estimate of drug-likeness (QED) is 0.601. The van der Waals surface area contributed by atoms with Crippen LogP contribution in [0.25, 0.3) is 17.1 Å². The molecule has 1 atom stereocenters. The maximum absolute atomic E-state index is 13.3. The number of para-hydroxylation sites is 2. The van der Waals surface area contributed by atoms with Crippen molar-refractivity contribution >= 4 is 28.9 Å². The number of likely N-dealkylation sites (tertiary alicyclic amines) is 1. The molecule has 3 fully saturated rings. The molecule has 3 heterocycles. The smallest absolute Gasteiger partial charge is 0.289 e. The number of H-pyrrole nitrogens is 1. The molecule has 186 valence electrons. The summed E-state index contributed by atoms with van der Waals surface area (Å²) in [5.74, 6) is 0.825. The molecule has 0 radical (unpaired) electrons. The third-order valence-electron chi connectivity index (χ3n) is 8.28. The molecule has 6 rings (SSSR count). The number of benzene rings is 2. The van der Waals surface area contributed by atoms with Crippen LogP contribution in [0.2, 0.25) is 0 Å². The Bertz CT molecular complexity index is 1230. The zero-order valence-electron chi connectivity index (χ0n) is 20.6. The molecule has 1 spiro atoms. The highest BCUT2D eigenvalue weighted by Crippen LogP contribution is 2.60. The normalized spacial score (nSPS) is 21.9. The summed E-state index contributed by atoms with van der Waals surface area (Å²) in [6.07, 6.45) is 7.15. The zero-order chi connectivity index (χ0) is 24.5. The van der Waals surface area contributed by atoms with Crippen LogP contribution in [0.5, 0.6) is 0 Å². The molecule has 3 aromatic rings. The van der Waals surface area contributed by atoms with Crippen molar-refractivity contribution in [2.45, 2.75) is 19.3 Å². The number of hydrogen-bond acceptors (Lipinski definition) is 4. The molecule has 2 aromatic carbocycles. The number of imidazole rings is 1. The van der Waals surface area contributed by atoms with Crippen LogP contribution in [0.4, 0.5) is 0 Å². The van der Waals surface area contributed by atoms with E-state index in [1.54, 1.807) is 0 Å². The van der Waals surface area contributed by atoms with E-state index in [1.807, 2.05) is 35.2 Å². The Morgan fingerprint density at radius 3 is 2.39 bits per heavy atom. The Morgan fingerprint density at radius 1 is 0.917 bits per heavy atom. The summed E-state index contributed by atoms with van der Waals surface area (Å²) < 4.78 is 0. The molecule has 1 aliphatic carbocycles. The first-order valence-corrected chi connectivity index (χ1v) is 13.1. The minimum atomic E-state index is -0.0398. The minimum Gasteiger partial charge on any atom is -0.340 e. The number of fused-ring (bicyclic) bond motifs is 1. The zero-order valence-corrected chi connectivity index (χ0v) is 20.6. The molecular formula is C29H33N5O2. The molecule has 0 unspecified atom stereocenters. The number of carbonyl (C=O) groups is 2. The number of hydrogen-bond donors (Lipinski definition) is 1. The third kappa shape index (κ3) is 4.55. The Kier molecular flexibility index (Phi) is 6.09. The number of nitrogens with zero attached hydrogens (tertiary/aromatic N) is 4. The van der Waals surface area contributed by atoms with Gasteiger partial charge in [0.05, 0.1) is 11.0 Å². The SMILES string of the molecule is O=C(c1nc2ccccc2[nH]1)N1CCC2(CC1)C[C@@H]2C(=O)N1CCN(C/C=C/c2ccccc2)CC1. The summed E-state index contributed by atoms with van der Waals surface area (Å²) in [5, 5.41) is 0. The summed E-state index contributed by atoms with van der Waals surface area (Å²) >= 11 is 0. The van der Waals surface area contributed by atoms with Crippen molar-refractivity contribution in [2.75, 3.05) is 45.8 Å². The first-order valence-electron chi connectivity index (χ1n) is 13.1. The highest BCUT2D eigenvalue weighted by Gasteiger charge is 2.59. The van der Waals surface area contributed by atoms with Crippen LogP contribution in [0, 0.1) is 11.3 Å². The van der Waals surface area contributed by atoms with Crippen molar-refractivity contribution in [3.8, 4) is 0 Å². The van der Waals surface area contributed by atoms with Gasteiger partial charge < -0.3 is 14.8 Å². The van der Waals surface area contributed by atoms with Crippen LogP contribution >= 0.6 is 0 Å². The lowest BCUT2D eigenvalue weighted by Crippen LogP contribution is -2.49. The number of piperazine rings is 1. The Labute approximate surface area is 211 Å². The van der Waals surface area contributed by atoms with E-state index >= 15 is 0 Å². The molecular weight excluding hydrogens is 450 g/mol. The highest BCUT2D eigenvalue weighted by molar-refractivity contribution is 5.94. The number of amides is 2. The molecule has 0 bridgehead atoms. The number of carbonyl (C=O) groups excluding carboxylic acids is 2. The molecule has 1 aromatic heterocycles. The van der Waals surface area contributed by atoms with Crippen molar-refractivity contribution in [1.82, 2.24) is 24.7 Å². The standard InChI is InChI=1S/C29H33N5O2/c35-27(34-19-17-32(18-20-34)14-6-9-22-7-2-1-3-8-22)23-21-29(23)12-15-33(16-13-29)28(36)26-30-24-10-4-5-11-25(24)31-26/h1-11,23H,12-21H2,(H,30,31)/b9-6+/t23-/m1/s1. The number of rotatable bonds is 5. The lowest BCUT2D eigenvalue weighted by molar-refractivity contribution is -0.135. The second-order valence-corrected chi connectivity index (χ2v) is 10.5. The van der Waals surface area contributed by atoms with E-state index in [2.05, 4.69) is 56.2 Å². The van der Waals surface area contributed by atoms with Gasteiger partial charge in [0.25, 0.3) is 5.91 Å². The molecule has 1 N–H and O–H groups in total. The van der Waals surface area contributed by atoms with E-state index in [0.717, 1.165) is 63.0 Å². The molecule has 2 saturated heterocycles. The average molecular weight is 484 g/mol. The maximum Gasteiger partial charge on any atom is 0.289 e. The predicted octanol–water partition coefficient (Wildman–Crippen LogP) is 3.66. The van der Waals surface area contributed by atoms with Crippen molar-refractivity contribution in [3.63, 3.8) is 0 Å². The topological polar surface area (TPSA) is 72.5 Å². The van der Waals surface area contributed by atoms with Gasteiger partial charge >= 0.3 is 0 Å². The lowest BCUT2D eigenvalue weighted by Gasteiger charge is -2.36. The van der Waals surface area contributed by atoms with Crippen molar-refractivity contribution < 1.29 is 9.59 Å². The van der Waals surface area contributed by atoms with Crippen molar-refractivity contribution in [1.29, 1.82) is 0 Å². The maximum atomic E-state index is 13.3. The fourth-order valence-electron chi connectivity index (χ4n) is 5.88. The summed E-state index contributed by atoms with van der Waals surface area (Å²) in [7, 11) is 0. The molecule has 2 amide bonds. The summed E-state index contributed by atoms with van der Waals surface area (Å²) in [6.45, 7) is 5.76. The lowest BCUT2D eigenvalue weighted by atomic mass is 9.90. The monoisotopic (exact) mass is 483 g/mol. The Balaban J connectivity index is 0.971. The highest BCUT2D eigenvalue weighted by atomic mass is 16.2. The minimum absolute atomic E-state index is 0.0398. The van der Waals surface area contributed by atoms with Gasteiger partial charge in [-0.05, 0) is 42.4 Å². The second kappa shape index (κ2) is 9.54. The van der Waals surface area contributed by atoms with E-state index < -0.39 is 0 Å². The van der Waals surface area contributed by atoms with E-state index in [4.69, 9.17) is 0 Å². The van der Waals surface area contributed by atoms with E-state index in [0.29, 0.717) is 24.8 Å². The Morgan fingerprint density at radius 2 is 1.64 bits per heavy atom. The van der Waals surface area contributed by atoms with Crippen molar-refractivity contribution in [3.05, 3.63) is 72.1 Å². The molecule has 7 heteroatoms. The van der Waals surface area contributed by atoms with Gasteiger partial charge in [0.15, 0.2) is 5.82 Å². The van der Waals surface area contributed by atoms with Crippen molar-refractivity contribution in [2.24, 2.45) is 11.3 Å². The van der Waals surface area contributed by atoms with Gasteiger partial charge in [0, 0.05) is 51.7 Å². The van der Waals surface area contributed by atoms with Crippen LogP contribution in [0.1, 0.15) is 35.4 Å². The first kappa shape index (κ1) is 23.0. The Hall–Kier alpha value is -3.45. The molecule has 1 saturated carbocycles. The van der Waals surface area contributed by atoms with Gasteiger partial charge in [-0.2, -0.15) is 0 Å². The van der Waals surface area contributed by atoms with E-state index in [9.17, 15) is 9.59 Å². The molecule has 7 nitrogen and oxygen atoms in total. The number of nitrogens with one attached hydrogen (secondary N) is 1. The first-order chi connectivity index (χ1) is 17.6. The van der Waals surface area contributed by atoms with E-state index in [-0.39, 0.29) is 17.2 Å². The number of aromatic nitrogens is 2. The van der Waals surface area contributed by atoms with E-state index in [1.165, 1.54) is 5.56 Å². The third-order valence-corrected chi connectivity index (χ3v) is 8.28. The second-order valence-electron chi connectivity index (χ2n) is 10.5. The van der Waals surface area contributed by atoms with Gasteiger partial charge in [0.2, 0.25) is 5.91 Å². The molecule has 3 aliphatic rings. The number of aromatic amines is 1. The van der Waals surface area contributed by atoms with Crippen LogP contribution < -0.4 is 0 Å². The van der Waals surface area contributed by atoms with Crippen LogP contribution in [0.15, 0.2) is 60.7 Å². The van der Waals surface area contributed by atoms with Gasteiger partial charge in [-0.1, -0.05) is 54.6 Å². The fourth-order valence-corrected chi connectivity index (χ4v) is 5.88. The van der Waals surface area contributed by atoms with Gasteiger partial charge in [-0.25, -0.2) is 4.98 Å². The van der Waals surface area contributed by atoms with Gasteiger partial charge in [-0.3, -0.25) is 14.5 Å². The van der Waals surface area contributed by atoms with Gasteiger partial charge in [-0.15, -0.1) is 0 Å². The molecule has 2 aliphatic heterocycles. The largest absolute Gasteiger partial charge is 0.340 e. The van der Waals surface area contributed by atoms with Gasteiger partial charge in [0.1, 0.15) is 0 Å². The van der Waals surface area contributed by atoms with Crippen LogP contribution in [-0.4, -0.2) is 82.3 Å².